The van der Waals surface area contributed by atoms with E-state index in [9.17, 15) is 14.4 Å². The first-order chi connectivity index (χ1) is 10.7. The first-order valence-electron chi connectivity index (χ1n) is 8.23. The number of unbranched alkanes of at least 4 members (excludes halogenated alkanes) is 4. The zero-order valence-electron chi connectivity index (χ0n) is 14.5. The minimum absolute atomic E-state index is 0.0434. The molecule has 2 N–H and O–H groups in total. The molecular weight excluding hydrogens is 300 g/mol. The van der Waals surface area contributed by atoms with Crippen LogP contribution in [0.25, 0.3) is 0 Å². The summed E-state index contributed by atoms with van der Waals surface area (Å²) in [5, 5.41) is 17.4. The predicted octanol–water partition coefficient (Wildman–Crippen LogP) is 3.48. The number of hydrogen-bond acceptors (Lipinski definition) is 4. The number of carbonyl (C=O) groups is 3. The Morgan fingerprint density at radius 3 is 2.09 bits per heavy atom. The number of hydrogen-bond donors (Lipinski definition) is 2. The minimum Gasteiger partial charge on any atom is -0.481 e. The highest BCUT2D eigenvalue weighted by atomic mass is 16.5. The Morgan fingerprint density at radius 2 is 1.57 bits per heavy atom. The highest BCUT2D eigenvalue weighted by molar-refractivity contribution is 5.76. The highest BCUT2D eigenvalue weighted by Crippen LogP contribution is 2.34. The standard InChI is InChI=1S/C17H30O6/c1-13(11-15(20)21)12-17(2,16(22)23-3)10-8-6-4-5-7-9-14(18)19/h13H,4-12H2,1-3H3,(H,18,19)(H,20,21). The summed E-state index contributed by atoms with van der Waals surface area (Å²) in [4.78, 5) is 33.3. The van der Waals surface area contributed by atoms with E-state index in [1.807, 2.05) is 13.8 Å². The molecule has 0 heterocycles. The Bertz CT molecular complexity index is 393. The summed E-state index contributed by atoms with van der Waals surface area (Å²) in [7, 11) is 1.36. The van der Waals surface area contributed by atoms with Crippen molar-refractivity contribution in [2.24, 2.45) is 11.3 Å². The number of methoxy groups -OCH3 is 1. The van der Waals surface area contributed by atoms with Crippen molar-refractivity contribution in [1.82, 2.24) is 0 Å². The minimum atomic E-state index is -0.858. The number of rotatable bonds is 13. The molecule has 0 amide bonds. The lowest BCUT2D eigenvalue weighted by Gasteiger charge is -2.29. The lowest BCUT2D eigenvalue weighted by Crippen LogP contribution is -2.31. The van der Waals surface area contributed by atoms with Gasteiger partial charge in [0.25, 0.3) is 0 Å². The van der Waals surface area contributed by atoms with Crippen molar-refractivity contribution in [1.29, 1.82) is 0 Å². The largest absolute Gasteiger partial charge is 0.481 e. The van der Waals surface area contributed by atoms with Crippen LogP contribution >= 0.6 is 0 Å². The molecule has 0 fully saturated rings. The molecule has 0 aliphatic rings. The van der Waals surface area contributed by atoms with Gasteiger partial charge in [-0.1, -0.05) is 32.6 Å². The summed E-state index contributed by atoms with van der Waals surface area (Å²) in [6.07, 6.45) is 5.66. The lowest BCUT2D eigenvalue weighted by atomic mass is 9.76. The normalized spacial score (nSPS) is 14.7. The van der Waals surface area contributed by atoms with E-state index in [2.05, 4.69) is 0 Å². The average molecular weight is 330 g/mol. The van der Waals surface area contributed by atoms with Crippen LogP contribution in [-0.4, -0.2) is 35.2 Å². The van der Waals surface area contributed by atoms with Gasteiger partial charge in [0.15, 0.2) is 0 Å². The Kier molecular flexibility index (Phi) is 10.3. The molecule has 2 unspecified atom stereocenters. The van der Waals surface area contributed by atoms with Gasteiger partial charge in [-0.05, 0) is 32.1 Å². The molecule has 0 aliphatic heterocycles. The van der Waals surface area contributed by atoms with Gasteiger partial charge in [0.1, 0.15) is 0 Å². The molecule has 0 aromatic rings. The average Bonchev–Trinajstić information content (AvgIpc) is 2.43. The van der Waals surface area contributed by atoms with Crippen LogP contribution in [0.4, 0.5) is 0 Å². The zero-order chi connectivity index (χ0) is 17.9. The van der Waals surface area contributed by atoms with E-state index in [4.69, 9.17) is 14.9 Å². The monoisotopic (exact) mass is 330 g/mol. The topological polar surface area (TPSA) is 101 Å². The van der Waals surface area contributed by atoms with Gasteiger partial charge in [-0.3, -0.25) is 14.4 Å². The van der Waals surface area contributed by atoms with Crippen molar-refractivity contribution < 1.29 is 29.3 Å². The molecule has 0 saturated carbocycles. The van der Waals surface area contributed by atoms with Gasteiger partial charge < -0.3 is 14.9 Å². The molecule has 0 aliphatic carbocycles. The van der Waals surface area contributed by atoms with Crippen LogP contribution in [0.3, 0.4) is 0 Å². The molecule has 0 saturated heterocycles. The number of carbonyl (C=O) groups excluding carboxylic acids is 1. The number of aliphatic carboxylic acids is 2. The summed E-state index contributed by atoms with van der Waals surface area (Å²) in [6.45, 7) is 3.67. The van der Waals surface area contributed by atoms with Crippen LogP contribution in [0.15, 0.2) is 0 Å². The molecule has 0 aromatic heterocycles. The van der Waals surface area contributed by atoms with Crippen molar-refractivity contribution in [3.05, 3.63) is 0 Å². The van der Waals surface area contributed by atoms with Crippen LogP contribution in [0.2, 0.25) is 0 Å². The fraction of sp³-hybridized carbons (Fsp3) is 0.824. The van der Waals surface area contributed by atoms with E-state index in [0.29, 0.717) is 19.3 Å². The summed E-state index contributed by atoms with van der Waals surface area (Å²) >= 11 is 0. The number of carboxylic acid groups (broad SMARTS) is 2. The van der Waals surface area contributed by atoms with Crippen molar-refractivity contribution in [3.63, 3.8) is 0 Å². The molecule has 134 valence electrons. The van der Waals surface area contributed by atoms with Gasteiger partial charge in [-0.25, -0.2) is 0 Å². The van der Waals surface area contributed by atoms with Crippen LogP contribution in [0.5, 0.6) is 0 Å². The van der Waals surface area contributed by atoms with E-state index in [0.717, 1.165) is 25.7 Å². The van der Waals surface area contributed by atoms with E-state index < -0.39 is 17.4 Å². The van der Waals surface area contributed by atoms with Gasteiger partial charge >= 0.3 is 17.9 Å². The van der Waals surface area contributed by atoms with Crippen LogP contribution in [-0.2, 0) is 19.1 Å². The smallest absolute Gasteiger partial charge is 0.311 e. The van der Waals surface area contributed by atoms with Crippen molar-refractivity contribution >= 4 is 17.9 Å². The molecule has 6 nitrogen and oxygen atoms in total. The zero-order valence-corrected chi connectivity index (χ0v) is 14.5. The summed E-state index contributed by atoms with van der Waals surface area (Å²) in [5.74, 6) is -2.01. The maximum Gasteiger partial charge on any atom is 0.311 e. The Labute approximate surface area is 138 Å². The third-order valence-electron chi connectivity index (χ3n) is 4.12. The van der Waals surface area contributed by atoms with Gasteiger partial charge in [0.05, 0.1) is 12.5 Å². The predicted molar refractivity (Wildman–Crippen MR) is 86.1 cm³/mol. The first-order valence-corrected chi connectivity index (χ1v) is 8.23. The Morgan fingerprint density at radius 1 is 1.00 bits per heavy atom. The third kappa shape index (κ3) is 9.92. The number of ether oxygens (including phenoxy) is 1. The molecule has 0 radical (unpaired) electrons. The fourth-order valence-electron chi connectivity index (χ4n) is 2.99. The molecule has 0 rings (SSSR count). The molecule has 0 spiro atoms. The third-order valence-corrected chi connectivity index (χ3v) is 4.12. The van der Waals surface area contributed by atoms with Crippen molar-refractivity contribution in [3.8, 4) is 0 Å². The molecule has 6 heteroatoms. The maximum absolute atomic E-state index is 12.1. The van der Waals surface area contributed by atoms with E-state index >= 15 is 0 Å². The Balaban J connectivity index is 4.26. The summed E-state index contributed by atoms with van der Waals surface area (Å²) in [6, 6.07) is 0. The number of esters is 1. The highest BCUT2D eigenvalue weighted by Gasteiger charge is 2.35. The lowest BCUT2D eigenvalue weighted by molar-refractivity contribution is -0.154. The molecule has 23 heavy (non-hydrogen) atoms. The molecule has 0 bridgehead atoms. The number of carboxylic acids is 2. The Hall–Kier alpha value is -1.59. The van der Waals surface area contributed by atoms with Gasteiger partial charge in [-0.2, -0.15) is 0 Å². The SMILES string of the molecule is COC(=O)C(C)(CCCCCCCC(=O)O)CC(C)CC(=O)O. The van der Waals surface area contributed by atoms with E-state index in [-0.39, 0.29) is 24.7 Å². The van der Waals surface area contributed by atoms with Crippen molar-refractivity contribution in [2.45, 2.75) is 71.6 Å². The molecular formula is C17H30O6. The second-order valence-corrected chi connectivity index (χ2v) is 6.62. The van der Waals surface area contributed by atoms with Crippen LogP contribution < -0.4 is 0 Å². The quantitative estimate of drug-likeness (QED) is 0.396. The van der Waals surface area contributed by atoms with Crippen LogP contribution in [0.1, 0.15) is 71.6 Å². The molecule has 0 aromatic carbocycles. The fourth-order valence-corrected chi connectivity index (χ4v) is 2.99. The van der Waals surface area contributed by atoms with E-state index in [1.165, 1.54) is 7.11 Å². The van der Waals surface area contributed by atoms with E-state index in [1.54, 1.807) is 0 Å². The first kappa shape index (κ1) is 21.4. The summed E-state index contributed by atoms with van der Waals surface area (Å²) in [5.41, 5.74) is -0.662. The van der Waals surface area contributed by atoms with Gasteiger partial charge in [0, 0.05) is 12.8 Å². The van der Waals surface area contributed by atoms with Gasteiger partial charge in [0.2, 0.25) is 0 Å². The second kappa shape index (κ2) is 11.0. The second-order valence-electron chi connectivity index (χ2n) is 6.62. The van der Waals surface area contributed by atoms with Gasteiger partial charge in [-0.15, -0.1) is 0 Å². The molecule has 2 atom stereocenters. The van der Waals surface area contributed by atoms with Crippen LogP contribution in [0, 0.1) is 11.3 Å². The van der Waals surface area contributed by atoms with Crippen molar-refractivity contribution in [2.75, 3.05) is 7.11 Å². The maximum atomic E-state index is 12.1. The summed E-state index contributed by atoms with van der Waals surface area (Å²) < 4.78 is 4.89.